The zero-order valence-electron chi connectivity index (χ0n) is 22.2. The number of amides is 2. The third-order valence-corrected chi connectivity index (χ3v) is 5.20. The molecule has 0 saturated carbocycles. The molecule has 2 amide bonds. The molecule has 13 heteroatoms. The average molecular weight is 531 g/mol. The molecule has 0 aromatic rings. The smallest absolute Gasteiger partial charge is 0.303 e. The Morgan fingerprint density at radius 1 is 0.757 bits per heavy atom. The van der Waals surface area contributed by atoms with Crippen LogP contribution in [0.1, 0.15) is 67.2 Å². The molecule has 5 atom stereocenters. The Balaban J connectivity index is 2.95. The number of carbonyl (C=O) groups excluding carboxylic acids is 6. The van der Waals surface area contributed by atoms with Gasteiger partial charge in [-0.15, -0.1) is 0 Å². The number of carbonyl (C=O) groups is 6. The zero-order chi connectivity index (χ0) is 28.1. The van der Waals surface area contributed by atoms with E-state index in [0.717, 1.165) is 20.8 Å². The van der Waals surface area contributed by atoms with E-state index in [1.54, 1.807) is 13.8 Å². The molecule has 0 spiro atoms. The van der Waals surface area contributed by atoms with Crippen LogP contribution >= 0.6 is 0 Å². The summed E-state index contributed by atoms with van der Waals surface area (Å²) in [6.07, 6.45) is -4.46. The highest BCUT2D eigenvalue weighted by Gasteiger charge is 2.52. The monoisotopic (exact) mass is 530 g/mol. The lowest BCUT2D eigenvalue weighted by Gasteiger charge is -2.44. The summed E-state index contributed by atoms with van der Waals surface area (Å²) in [6.45, 7) is 8.24. The molecule has 2 N–H and O–H groups in total. The van der Waals surface area contributed by atoms with E-state index in [2.05, 4.69) is 10.6 Å². The first-order valence-corrected chi connectivity index (χ1v) is 12.2. The number of nitrogens with one attached hydrogen (secondary N) is 2. The van der Waals surface area contributed by atoms with Crippen molar-refractivity contribution in [1.82, 2.24) is 10.6 Å². The number of rotatable bonds is 13. The summed E-state index contributed by atoms with van der Waals surface area (Å²) in [5, 5.41) is 5.41. The fourth-order valence-corrected chi connectivity index (χ4v) is 3.58. The molecule has 0 aliphatic carbocycles. The Morgan fingerprint density at radius 3 is 1.86 bits per heavy atom. The van der Waals surface area contributed by atoms with Crippen molar-refractivity contribution in [2.75, 3.05) is 13.2 Å². The van der Waals surface area contributed by atoms with Crippen molar-refractivity contribution in [2.45, 2.75) is 97.9 Å². The molecule has 1 aliphatic rings. The Hall–Kier alpha value is -3.22. The molecule has 1 fully saturated rings. The van der Waals surface area contributed by atoms with E-state index in [1.165, 1.54) is 6.92 Å². The van der Waals surface area contributed by atoms with E-state index >= 15 is 0 Å². The minimum absolute atomic E-state index is 0.0404. The maximum Gasteiger partial charge on any atom is 0.303 e. The Kier molecular flexibility index (Phi) is 13.6. The van der Waals surface area contributed by atoms with Gasteiger partial charge in [-0.05, 0) is 12.8 Å². The Labute approximate surface area is 216 Å². The summed E-state index contributed by atoms with van der Waals surface area (Å²) in [5.41, 5.74) is 0. The number of esters is 4. The average Bonchev–Trinajstić information content (AvgIpc) is 2.77. The van der Waals surface area contributed by atoms with Gasteiger partial charge in [0.1, 0.15) is 12.7 Å². The van der Waals surface area contributed by atoms with Crippen LogP contribution < -0.4 is 10.6 Å². The van der Waals surface area contributed by atoms with Crippen LogP contribution in [0.2, 0.25) is 0 Å². The Bertz CT molecular complexity index is 830. The minimum atomic E-state index is -1.35. The number of hydrogen-bond acceptors (Lipinski definition) is 11. The van der Waals surface area contributed by atoms with Gasteiger partial charge in [-0.2, -0.15) is 0 Å². The van der Waals surface area contributed by atoms with Crippen molar-refractivity contribution in [2.24, 2.45) is 5.92 Å². The lowest BCUT2D eigenvalue weighted by Crippen LogP contribution is -2.66. The van der Waals surface area contributed by atoms with Crippen LogP contribution in [0.15, 0.2) is 0 Å². The van der Waals surface area contributed by atoms with E-state index in [9.17, 15) is 28.8 Å². The molecule has 1 heterocycles. The molecule has 13 nitrogen and oxygen atoms in total. The van der Waals surface area contributed by atoms with Gasteiger partial charge >= 0.3 is 23.9 Å². The molecule has 0 aromatic heterocycles. The molecule has 0 bridgehead atoms. The van der Waals surface area contributed by atoms with E-state index in [1.807, 2.05) is 0 Å². The second-order valence-corrected chi connectivity index (χ2v) is 8.94. The zero-order valence-corrected chi connectivity index (χ0v) is 22.2. The summed E-state index contributed by atoms with van der Waals surface area (Å²) in [6, 6.07) is 0. The molecule has 0 radical (unpaired) electrons. The van der Waals surface area contributed by atoms with Gasteiger partial charge in [-0.3, -0.25) is 28.8 Å². The van der Waals surface area contributed by atoms with Gasteiger partial charge in [0.25, 0.3) is 0 Å². The maximum absolute atomic E-state index is 12.7. The van der Waals surface area contributed by atoms with Gasteiger partial charge in [0.15, 0.2) is 24.5 Å². The highest BCUT2D eigenvalue weighted by atomic mass is 16.7. The predicted octanol–water partition coefficient (Wildman–Crippen LogP) is 0.518. The second kappa shape index (κ2) is 15.8. The molecular weight excluding hydrogens is 492 g/mol. The van der Waals surface area contributed by atoms with E-state index < -0.39 is 60.4 Å². The summed E-state index contributed by atoms with van der Waals surface area (Å²) in [7, 11) is 0. The normalized spacial score (nSPS) is 22.9. The summed E-state index contributed by atoms with van der Waals surface area (Å²) < 4.78 is 26.8. The minimum Gasteiger partial charge on any atom is -0.463 e. The van der Waals surface area contributed by atoms with E-state index in [0.29, 0.717) is 25.8 Å². The van der Waals surface area contributed by atoms with Crippen molar-refractivity contribution in [3.63, 3.8) is 0 Å². The largest absolute Gasteiger partial charge is 0.463 e. The lowest BCUT2D eigenvalue weighted by molar-refractivity contribution is -0.257. The van der Waals surface area contributed by atoms with E-state index in [-0.39, 0.29) is 24.9 Å². The first-order valence-electron chi connectivity index (χ1n) is 12.2. The summed E-state index contributed by atoms with van der Waals surface area (Å²) in [4.78, 5) is 71.0. The van der Waals surface area contributed by atoms with Crippen molar-refractivity contribution >= 4 is 35.7 Å². The van der Waals surface area contributed by atoms with Crippen LogP contribution in [0.25, 0.3) is 0 Å². The predicted molar refractivity (Wildman–Crippen MR) is 126 cm³/mol. The molecule has 5 unspecified atom stereocenters. The Morgan fingerprint density at radius 2 is 1.32 bits per heavy atom. The lowest BCUT2D eigenvalue weighted by atomic mass is 9.97. The highest BCUT2D eigenvalue weighted by Crippen LogP contribution is 2.28. The first-order chi connectivity index (χ1) is 17.3. The number of unbranched alkanes of at least 4 members (excludes halogenated alkanes) is 2. The van der Waals surface area contributed by atoms with Crippen molar-refractivity contribution in [1.29, 1.82) is 0 Å². The standard InChI is InChI=1S/C24H38N2O11/c1-13(2)23(32)25-11-9-7-8-10-19(31)26-24-22(36-17(6)30)21(35-16(5)29)20(34-15(4)28)18(37-24)12-33-14(3)27/h13,18,20-22,24H,7-12H2,1-6H3,(H,25,32)(H,26,31). The molecule has 0 aromatic carbocycles. The third-order valence-electron chi connectivity index (χ3n) is 5.20. The number of ether oxygens (including phenoxy) is 5. The first kappa shape index (κ1) is 31.8. The quantitative estimate of drug-likeness (QED) is 0.193. The van der Waals surface area contributed by atoms with Gasteiger partial charge in [-0.1, -0.05) is 20.3 Å². The van der Waals surface area contributed by atoms with Crippen molar-refractivity contribution in [3.8, 4) is 0 Å². The van der Waals surface area contributed by atoms with Crippen LogP contribution in [0.4, 0.5) is 0 Å². The molecule has 1 saturated heterocycles. The van der Waals surface area contributed by atoms with Gasteiger partial charge in [-0.25, -0.2) is 0 Å². The molecule has 37 heavy (non-hydrogen) atoms. The topological polar surface area (TPSA) is 173 Å². The maximum atomic E-state index is 12.7. The summed E-state index contributed by atoms with van der Waals surface area (Å²) in [5.74, 6) is -3.48. The van der Waals surface area contributed by atoms with Crippen LogP contribution in [0.5, 0.6) is 0 Å². The van der Waals surface area contributed by atoms with Gasteiger partial charge < -0.3 is 34.3 Å². The summed E-state index contributed by atoms with van der Waals surface area (Å²) >= 11 is 0. The van der Waals surface area contributed by atoms with Crippen LogP contribution in [0.3, 0.4) is 0 Å². The second-order valence-electron chi connectivity index (χ2n) is 8.94. The SMILES string of the molecule is CC(=O)OCC1OC(NC(=O)CCCCCNC(=O)C(C)C)C(OC(C)=O)C(OC(C)=O)C1OC(C)=O. The van der Waals surface area contributed by atoms with Gasteiger partial charge in [0.2, 0.25) is 11.8 Å². The highest BCUT2D eigenvalue weighted by molar-refractivity contribution is 5.78. The van der Waals surface area contributed by atoms with Crippen LogP contribution in [-0.4, -0.2) is 79.5 Å². The van der Waals surface area contributed by atoms with Gasteiger partial charge in [0.05, 0.1) is 0 Å². The molecular formula is C24H38N2O11. The van der Waals surface area contributed by atoms with E-state index in [4.69, 9.17) is 23.7 Å². The molecule has 1 aliphatic heterocycles. The molecule has 1 rings (SSSR count). The fraction of sp³-hybridized carbons (Fsp3) is 0.750. The van der Waals surface area contributed by atoms with Crippen LogP contribution in [0, 0.1) is 5.92 Å². The molecule has 210 valence electrons. The third kappa shape index (κ3) is 12.0. The number of hydrogen-bond donors (Lipinski definition) is 2. The van der Waals surface area contributed by atoms with Crippen molar-refractivity contribution in [3.05, 3.63) is 0 Å². The van der Waals surface area contributed by atoms with Crippen molar-refractivity contribution < 1.29 is 52.5 Å². The van der Waals surface area contributed by atoms with Gasteiger partial charge in [0, 0.05) is 46.6 Å². The van der Waals surface area contributed by atoms with Crippen LogP contribution in [-0.2, 0) is 52.5 Å². The fourth-order valence-electron chi connectivity index (χ4n) is 3.58.